The zero-order valence-corrected chi connectivity index (χ0v) is 21.2. The lowest BCUT2D eigenvalue weighted by Gasteiger charge is -2.32. The van der Waals surface area contributed by atoms with Gasteiger partial charge in [0.15, 0.2) is 5.60 Å². The summed E-state index contributed by atoms with van der Waals surface area (Å²) in [6, 6.07) is 3.27. The molecule has 176 valence electrons. The number of carbonyl (C=O) groups is 1. The number of carbonyl (C=O) groups excluding carboxylic acids is 1. The van der Waals surface area contributed by atoms with Crippen LogP contribution in [0, 0.1) is 12.7 Å². The molecule has 7 nitrogen and oxygen atoms in total. The zero-order chi connectivity index (χ0) is 24.1. The molecule has 34 heavy (non-hydrogen) atoms. The van der Waals surface area contributed by atoms with Crippen LogP contribution in [0.5, 0.6) is 0 Å². The topological polar surface area (TPSA) is 84.7 Å². The molecule has 0 saturated heterocycles. The predicted molar refractivity (Wildman–Crippen MR) is 132 cm³/mol. The Labute approximate surface area is 209 Å². The van der Waals surface area contributed by atoms with Gasteiger partial charge in [0.05, 0.1) is 29.0 Å². The molecule has 1 N–H and O–H groups in total. The number of hydrogen-bond donors (Lipinski definition) is 1. The van der Waals surface area contributed by atoms with Crippen molar-refractivity contribution in [3.8, 4) is 11.4 Å². The fourth-order valence-corrected chi connectivity index (χ4v) is 6.44. The number of hydrogen-bond acceptors (Lipinski definition) is 6. The molecular formula is C25H23FIN3O4. The summed E-state index contributed by atoms with van der Waals surface area (Å²) in [7, 11) is 2.02. The Balaban J connectivity index is 1.70. The number of pyridine rings is 2. The Morgan fingerprint density at radius 1 is 1.32 bits per heavy atom. The lowest BCUT2D eigenvalue weighted by atomic mass is 9.81. The third-order valence-corrected chi connectivity index (χ3v) is 8.45. The summed E-state index contributed by atoms with van der Waals surface area (Å²) in [6.07, 6.45) is 1.68. The van der Waals surface area contributed by atoms with Crippen LogP contribution in [-0.4, -0.2) is 30.8 Å². The lowest BCUT2D eigenvalue weighted by molar-refractivity contribution is -0.172. The monoisotopic (exact) mass is 575 g/mol. The van der Waals surface area contributed by atoms with Gasteiger partial charge in [0, 0.05) is 51.5 Å². The van der Waals surface area contributed by atoms with E-state index in [-0.39, 0.29) is 36.0 Å². The first-order chi connectivity index (χ1) is 16.2. The summed E-state index contributed by atoms with van der Waals surface area (Å²) >= 11 is 2.28. The fraction of sp³-hybridized carbons (Fsp3) is 0.400. The highest BCUT2D eigenvalue weighted by molar-refractivity contribution is 14.1. The molecule has 1 aromatic carbocycles. The van der Waals surface area contributed by atoms with E-state index in [4.69, 9.17) is 9.72 Å². The van der Waals surface area contributed by atoms with Crippen molar-refractivity contribution in [1.82, 2.24) is 12.7 Å². The van der Waals surface area contributed by atoms with Gasteiger partial charge in [0.1, 0.15) is 12.4 Å². The number of rotatable bonds is 2. The second kappa shape index (κ2) is 7.32. The van der Waals surface area contributed by atoms with E-state index < -0.39 is 11.6 Å². The minimum Gasteiger partial charge on any atom is -0.458 e. The Kier molecular flexibility index (Phi) is 4.76. The van der Waals surface area contributed by atoms with Crippen LogP contribution in [0.3, 0.4) is 0 Å². The second-order valence-corrected chi connectivity index (χ2v) is 10.9. The van der Waals surface area contributed by atoms with Gasteiger partial charge in [-0.25, -0.2) is 17.3 Å². The molecule has 2 atom stereocenters. The number of aliphatic hydroxyl groups is 1. The molecule has 0 spiro atoms. The summed E-state index contributed by atoms with van der Waals surface area (Å²) in [5.74, 6) is -1.04. The van der Waals surface area contributed by atoms with Crippen LogP contribution < -0.4 is 5.56 Å². The number of halogens is 2. The normalized spacial score (nSPS) is 22.6. The molecule has 0 bridgehead atoms. The van der Waals surface area contributed by atoms with Crippen molar-refractivity contribution >= 4 is 39.7 Å². The van der Waals surface area contributed by atoms with E-state index in [1.54, 1.807) is 17.6 Å². The highest BCUT2D eigenvalue weighted by atomic mass is 127. The third kappa shape index (κ3) is 2.71. The maximum Gasteiger partial charge on any atom is 0.343 e. The van der Waals surface area contributed by atoms with Crippen molar-refractivity contribution in [3.63, 3.8) is 0 Å². The SMILES string of the molecule is CC[C@@]1(O)C(=O)OCc2c1cc1n(c2=O)Cc2c-1nc1cc(F)c(C)c3c1c2[C@@H](N(C)I)CC3. The number of cyclic esters (lactones) is 1. The van der Waals surface area contributed by atoms with Crippen molar-refractivity contribution < 1.29 is 19.0 Å². The van der Waals surface area contributed by atoms with E-state index in [2.05, 4.69) is 26.0 Å². The molecular weight excluding hydrogens is 552 g/mol. The quantitative estimate of drug-likeness (QED) is 0.223. The molecule has 4 heterocycles. The van der Waals surface area contributed by atoms with Gasteiger partial charge in [-0.05, 0) is 56.0 Å². The minimum atomic E-state index is -1.88. The van der Waals surface area contributed by atoms with Gasteiger partial charge in [-0.1, -0.05) is 6.92 Å². The average Bonchev–Trinajstić information content (AvgIpc) is 3.18. The minimum absolute atomic E-state index is 0.0839. The number of fused-ring (bicyclic) bond motifs is 5. The second-order valence-electron chi connectivity index (χ2n) is 9.39. The summed E-state index contributed by atoms with van der Waals surface area (Å²) in [6.45, 7) is 3.66. The van der Waals surface area contributed by atoms with Crippen molar-refractivity contribution in [2.45, 2.75) is 57.9 Å². The fourth-order valence-electron chi connectivity index (χ4n) is 5.89. The Morgan fingerprint density at radius 3 is 2.79 bits per heavy atom. The molecule has 2 aromatic heterocycles. The van der Waals surface area contributed by atoms with E-state index in [9.17, 15) is 19.1 Å². The molecule has 1 aliphatic carbocycles. The van der Waals surface area contributed by atoms with Crippen LogP contribution in [0.15, 0.2) is 16.9 Å². The number of aryl methyl sites for hydroxylation is 1. The van der Waals surface area contributed by atoms with Crippen molar-refractivity contribution in [2.75, 3.05) is 7.05 Å². The molecule has 9 heteroatoms. The van der Waals surface area contributed by atoms with Gasteiger partial charge >= 0.3 is 5.97 Å². The predicted octanol–water partition coefficient (Wildman–Crippen LogP) is 3.80. The molecule has 0 unspecified atom stereocenters. The maximum atomic E-state index is 14.8. The largest absolute Gasteiger partial charge is 0.458 e. The smallest absolute Gasteiger partial charge is 0.343 e. The first-order valence-electron chi connectivity index (χ1n) is 11.4. The van der Waals surface area contributed by atoms with Crippen LogP contribution in [0.1, 0.15) is 59.2 Å². The van der Waals surface area contributed by atoms with Gasteiger partial charge in [-0.2, -0.15) is 0 Å². The summed E-state index contributed by atoms with van der Waals surface area (Å²) in [5.41, 5.74) is 3.79. The summed E-state index contributed by atoms with van der Waals surface area (Å²) < 4.78 is 23.8. The number of aromatic nitrogens is 2. The van der Waals surface area contributed by atoms with Gasteiger partial charge in [0.2, 0.25) is 0 Å². The molecule has 6 rings (SSSR count). The Bertz CT molecular complexity index is 1500. The first kappa shape index (κ1) is 22.1. The molecule has 0 fully saturated rings. The van der Waals surface area contributed by atoms with Gasteiger partial charge < -0.3 is 14.4 Å². The van der Waals surface area contributed by atoms with Crippen molar-refractivity contribution in [2.24, 2.45) is 0 Å². The number of nitrogens with zero attached hydrogens (tertiary/aromatic N) is 3. The highest BCUT2D eigenvalue weighted by Crippen LogP contribution is 2.47. The van der Waals surface area contributed by atoms with Crippen LogP contribution in [0.25, 0.3) is 22.3 Å². The first-order valence-corrected chi connectivity index (χ1v) is 12.3. The summed E-state index contributed by atoms with van der Waals surface area (Å²) in [4.78, 5) is 30.8. The molecule has 0 amide bonds. The number of benzene rings is 1. The standard InChI is InChI=1S/C25H23FIN3O4/c1-4-25(33)15-7-19-22-13(9-30(19)23(31)14(15)10-34-24(25)32)21-18(29(3)27)6-5-12-11(2)16(26)8-17(28-22)20(12)21/h7-8,18,33H,4-6,9-10H2,1-3H3/t18-,25-/m0/s1. The van der Waals surface area contributed by atoms with Crippen LogP contribution in [0.4, 0.5) is 4.39 Å². The van der Waals surface area contributed by atoms with E-state index in [1.807, 2.05) is 14.0 Å². The molecule has 0 radical (unpaired) electrons. The van der Waals surface area contributed by atoms with Gasteiger partial charge in [-0.15, -0.1) is 0 Å². The van der Waals surface area contributed by atoms with Crippen molar-refractivity contribution in [1.29, 1.82) is 0 Å². The van der Waals surface area contributed by atoms with Crippen LogP contribution in [0.2, 0.25) is 0 Å². The molecule has 0 saturated carbocycles. The Morgan fingerprint density at radius 2 is 2.09 bits per heavy atom. The van der Waals surface area contributed by atoms with E-state index in [0.717, 1.165) is 34.9 Å². The lowest BCUT2D eigenvalue weighted by Crippen LogP contribution is -2.44. The number of ether oxygens (including phenoxy) is 1. The van der Waals surface area contributed by atoms with E-state index >= 15 is 0 Å². The van der Waals surface area contributed by atoms with Crippen LogP contribution in [-0.2, 0) is 34.7 Å². The molecule has 3 aliphatic rings. The van der Waals surface area contributed by atoms with Crippen LogP contribution >= 0.6 is 22.9 Å². The molecule has 2 aliphatic heterocycles. The number of esters is 1. The van der Waals surface area contributed by atoms with Crippen molar-refractivity contribution in [3.05, 3.63) is 61.7 Å². The van der Waals surface area contributed by atoms with Gasteiger partial charge in [-0.3, -0.25) is 4.79 Å². The maximum absolute atomic E-state index is 14.8. The van der Waals surface area contributed by atoms with E-state index in [0.29, 0.717) is 34.6 Å². The summed E-state index contributed by atoms with van der Waals surface area (Å²) in [5, 5.41) is 12.1. The zero-order valence-electron chi connectivity index (χ0n) is 19.0. The third-order valence-electron chi connectivity index (χ3n) is 7.78. The average molecular weight is 575 g/mol. The van der Waals surface area contributed by atoms with E-state index in [1.165, 1.54) is 6.07 Å². The van der Waals surface area contributed by atoms with Gasteiger partial charge in [0.25, 0.3) is 5.56 Å². The highest BCUT2D eigenvalue weighted by Gasteiger charge is 2.46. The Hall–Kier alpha value is -2.37. The molecule has 3 aromatic rings.